The van der Waals surface area contributed by atoms with Gasteiger partial charge in [-0.3, -0.25) is 0 Å². The minimum atomic E-state index is -0.521. The molecule has 0 aliphatic rings. The van der Waals surface area contributed by atoms with E-state index < -0.39 is 5.97 Å². The van der Waals surface area contributed by atoms with Gasteiger partial charge in [0.25, 0.3) is 0 Å². The van der Waals surface area contributed by atoms with Crippen LogP contribution in [0.1, 0.15) is 9.67 Å². The summed E-state index contributed by atoms with van der Waals surface area (Å²) in [6, 6.07) is 1.40. The number of hydrogen-bond acceptors (Lipinski definition) is 5. The average Bonchev–Trinajstić information content (AvgIpc) is 2.45. The third-order valence-corrected chi connectivity index (χ3v) is 2.23. The number of carbonyl (C=O) groups excluding carboxylic acids is 1. The first-order valence-electron chi connectivity index (χ1n) is 3.01. The predicted molar refractivity (Wildman–Crippen MR) is 44.8 cm³/mol. The number of anilines is 1. The molecule has 2 N–H and O–H groups in total. The number of nitrogens with two attached hydrogens (primary N) is 1. The van der Waals surface area contributed by atoms with Gasteiger partial charge < -0.3 is 10.5 Å². The zero-order valence-electron chi connectivity index (χ0n) is 6.27. The zero-order valence-corrected chi connectivity index (χ0v) is 7.09. The monoisotopic (exact) mass is 184 g/mol. The quantitative estimate of drug-likeness (QED) is 0.531. The van der Waals surface area contributed by atoms with Gasteiger partial charge in [-0.05, 0) is 11.3 Å². The molecule has 1 aromatic rings. The zero-order chi connectivity index (χ0) is 9.14. The SMILES string of the molecule is COC(=O)c1sc([N+]#N)cc1N. The maximum Gasteiger partial charge on any atom is 0.443 e. The van der Waals surface area contributed by atoms with Gasteiger partial charge in [0.2, 0.25) is 5.39 Å². The number of carbonyl (C=O) groups is 1. The molecule has 0 saturated carbocycles. The second-order valence-electron chi connectivity index (χ2n) is 1.96. The largest absolute Gasteiger partial charge is 0.465 e. The van der Waals surface area contributed by atoms with Crippen LogP contribution in [-0.2, 0) is 4.74 Å². The van der Waals surface area contributed by atoms with Crippen molar-refractivity contribution in [2.45, 2.75) is 0 Å². The molecule has 5 nitrogen and oxygen atoms in total. The van der Waals surface area contributed by atoms with E-state index in [-0.39, 0.29) is 15.6 Å². The van der Waals surface area contributed by atoms with Crippen LogP contribution in [0, 0.1) is 5.39 Å². The lowest BCUT2D eigenvalue weighted by Crippen LogP contribution is -2.00. The summed E-state index contributed by atoms with van der Waals surface area (Å²) < 4.78 is 4.44. The van der Waals surface area contributed by atoms with Gasteiger partial charge in [0, 0.05) is 0 Å². The number of rotatable bonds is 1. The van der Waals surface area contributed by atoms with Crippen LogP contribution >= 0.6 is 11.3 Å². The molecule has 6 heteroatoms. The van der Waals surface area contributed by atoms with Crippen molar-refractivity contribution in [3.63, 3.8) is 0 Å². The molecule has 1 aromatic heterocycles. The molecule has 1 heterocycles. The van der Waals surface area contributed by atoms with Gasteiger partial charge in [0.05, 0.1) is 18.9 Å². The molecule has 0 saturated heterocycles. The van der Waals surface area contributed by atoms with Crippen molar-refractivity contribution in [3.05, 3.63) is 15.9 Å². The normalized spacial score (nSPS) is 9.00. The number of ether oxygens (including phenoxy) is 1. The number of diazo groups is 1. The molecule has 0 aromatic carbocycles. The topological polar surface area (TPSA) is 80.5 Å². The van der Waals surface area contributed by atoms with Crippen molar-refractivity contribution in [2.75, 3.05) is 12.8 Å². The van der Waals surface area contributed by atoms with Crippen LogP contribution in [0.3, 0.4) is 0 Å². The van der Waals surface area contributed by atoms with E-state index >= 15 is 0 Å². The molecule has 0 spiro atoms. The van der Waals surface area contributed by atoms with Crippen LogP contribution in [0.25, 0.3) is 4.98 Å². The smallest absolute Gasteiger partial charge is 0.443 e. The van der Waals surface area contributed by atoms with Gasteiger partial charge in [0.15, 0.2) is 4.98 Å². The highest BCUT2D eigenvalue weighted by Gasteiger charge is 2.20. The Kier molecular flexibility index (Phi) is 2.26. The minimum absolute atomic E-state index is 0.255. The number of thiophene rings is 1. The van der Waals surface area contributed by atoms with Crippen molar-refractivity contribution in [3.8, 4) is 0 Å². The predicted octanol–water partition coefficient (Wildman–Crippen LogP) is 1.60. The van der Waals surface area contributed by atoms with Crippen molar-refractivity contribution >= 4 is 28.0 Å². The number of nitrogen functional groups attached to an aromatic ring is 1. The summed E-state index contributed by atoms with van der Waals surface area (Å²) in [6.45, 7) is 0. The highest BCUT2D eigenvalue weighted by Crippen LogP contribution is 2.31. The first kappa shape index (κ1) is 8.49. The lowest BCUT2D eigenvalue weighted by atomic mass is 10.4. The molecule has 0 atom stereocenters. The third kappa shape index (κ3) is 1.35. The van der Waals surface area contributed by atoms with Gasteiger partial charge >= 0.3 is 11.0 Å². The first-order chi connectivity index (χ1) is 5.69. The second-order valence-corrected chi connectivity index (χ2v) is 2.99. The number of methoxy groups -OCH3 is 1. The molecule has 0 fully saturated rings. The van der Waals surface area contributed by atoms with Gasteiger partial charge in [0.1, 0.15) is 4.88 Å². The van der Waals surface area contributed by atoms with E-state index in [9.17, 15) is 4.79 Å². The van der Waals surface area contributed by atoms with E-state index in [1.54, 1.807) is 0 Å². The fourth-order valence-corrected chi connectivity index (χ4v) is 1.47. The summed E-state index contributed by atoms with van der Waals surface area (Å²) in [5.74, 6) is -0.521. The van der Waals surface area contributed by atoms with Gasteiger partial charge in [-0.15, -0.1) is 0 Å². The standard InChI is InChI=1S/C6H5N3O2S/c1-11-6(10)5-3(7)2-4(9-8)12-5/h2H,1H3,(H-,7,10)/p+1. The Morgan fingerprint density at radius 3 is 2.92 bits per heavy atom. The third-order valence-electron chi connectivity index (χ3n) is 1.22. The Balaban J connectivity index is 3.10. The van der Waals surface area contributed by atoms with Crippen LogP contribution in [0.15, 0.2) is 6.07 Å². The van der Waals surface area contributed by atoms with Crippen LogP contribution in [0.5, 0.6) is 0 Å². The summed E-state index contributed by atoms with van der Waals surface area (Å²) in [6.07, 6.45) is 0. The maximum atomic E-state index is 10.9. The molecular formula is C6H6N3O2S+. The lowest BCUT2D eigenvalue weighted by molar-refractivity contribution is 0.0607. The fraction of sp³-hybridized carbons (Fsp3) is 0.167. The van der Waals surface area contributed by atoms with Crippen molar-refractivity contribution in [1.82, 2.24) is 0 Å². The van der Waals surface area contributed by atoms with Crippen molar-refractivity contribution < 1.29 is 9.53 Å². The summed E-state index contributed by atoms with van der Waals surface area (Å²) in [5.41, 5.74) is 5.70. The highest BCUT2D eigenvalue weighted by atomic mass is 32.1. The summed E-state index contributed by atoms with van der Waals surface area (Å²) in [5, 5.41) is 8.64. The van der Waals surface area contributed by atoms with Gasteiger partial charge in [-0.2, -0.15) is 0 Å². The number of nitrogens with zero attached hydrogens (tertiary/aromatic N) is 2. The van der Waals surface area contributed by atoms with Gasteiger partial charge in [-0.1, -0.05) is 0 Å². The van der Waals surface area contributed by atoms with Crippen LogP contribution < -0.4 is 5.73 Å². The Morgan fingerprint density at radius 2 is 2.50 bits per heavy atom. The van der Waals surface area contributed by atoms with Crippen LogP contribution in [0.4, 0.5) is 10.7 Å². The van der Waals surface area contributed by atoms with E-state index in [1.165, 1.54) is 13.2 Å². The summed E-state index contributed by atoms with van der Waals surface area (Å²) in [7, 11) is 1.26. The molecule has 0 bridgehead atoms. The van der Waals surface area contributed by atoms with E-state index in [1.807, 2.05) is 0 Å². The molecule has 1 rings (SSSR count). The minimum Gasteiger partial charge on any atom is -0.465 e. The highest BCUT2D eigenvalue weighted by molar-refractivity contribution is 7.18. The summed E-state index contributed by atoms with van der Waals surface area (Å²) >= 11 is 0.976. The van der Waals surface area contributed by atoms with Crippen molar-refractivity contribution in [2.24, 2.45) is 0 Å². The maximum absolute atomic E-state index is 10.9. The Hall–Kier alpha value is -1.61. The molecule has 62 valence electrons. The average molecular weight is 184 g/mol. The van der Waals surface area contributed by atoms with Crippen LogP contribution in [-0.4, -0.2) is 13.1 Å². The molecule has 0 amide bonds. The lowest BCUT2D eigenvalue weighted by Gasteiger charge is -1.93. The molecule has 12 heavy (non-hydrogen) atoms. The van der Waals surface area contributed by atoms with E-state index in [0.29, 0.717) is 0 Å². The van der Waals surface area contributed by atoms with E-state index in [4.69, 9.17) is 11.1 Å². The fourth-order valence-electron chi connectivity index (χ4n) is 0.693. The van der Waals surface area contributed by atoms with Crippen LogP contribution in [0.2, 0.25) is 0 Å². The molecule has 0 unspecified atom stereocenters. The van der Waals surface area contributed by atoms with Gasteiger partial charge in [-0.25, -0.2) is 4.79 Å². The molecule has 0 aliphatic carbocycles. The Bertz CT molecular complexity index is 352. The molecular weight excluding hydrogens is 178 g/mol. The number of hydrogen-bond donors (Lipinski definition) is 1. The second kappa shape index (κ2) is 3.19. The number of esters is 1. The first-order valence-corrected chi connectivity index (χ1v) is 3.83. The van der Waals surface area contributed by atoms with Crippen molar-refractivity contribution in [1.29, 1.82) is 5.39 Å². The van der Waals surface area contributed by atoms with E-state index in [2.05, 4.69) is 9.71 Å². The Labute approximate surface area is 72.4 Å². The molecule has 0 radical (unpaired) electrons. The van der Waals surface area contributed by atoms with E-state index in [0.717, 1.165) is 11.3 Å². The Morgan fingerprint density at radius 1 is 1.83 bits per heavy atom. The molecule has 0 aliphatic heterocycles. The summed E-state index contributed by atoms with van der Waals surface area (Å²) in [4.78, 5) is 14.1.